The van der Waals surface area contributed by atoms with Crippen LogP contribution in [0.1, 0.15) is 0 Å². The maximum atomic E-state index is 10.3. The van der Waals surface area contributed by atoms with E-state index in [1.54, 1.807) is 12.1 Å². The molecule has 0 heterocycles. The van der Waals surface area contributed by atoms with Crippen LogP contribution in [0.25, 0.3) is 10.8 Å². The first-order valence-corrected chi connectivity index (χ1v) is 4.58. The lowest BCUT2D eigenvalue weighted by Crippen LogP contribution is -1.95. The van der Waals surface area contributed by atoms with E-state index in [0.717, 1.165) is 10.8 Å². The highest BCUT2D eigenvalue weighted by molar-refractivity contribution is 5.86. The number of rotatable bonds is 4. The molecule has 0 aliphatic carbocycles. The van der Waals surface area contributed by atoms with Crippen molar-refractivity contribution in [3.8, 4) is 11.5 Å². The average molecular weight is 216 g/mol. The van der Waals surface area contributed by atoms with Gasteiger partial charge in [-0.3, -0.25) is 9.59 Å². The van der Waals surface area contributed by atoms with Gasteiger partial charge >= 0.3 is 0 Å². The maximum Gasteiger partial charge on any atom is 0.298 e. The summed E-state index contributed by atoms with van der Waals surface area (Å²) in [5.41, 5.74) is 0. The topological polar surface area (TPSA) is 52.6 Å². The first-order chi connectivity index (χ1) is 7.85. The molecule has 0 unspecified atom stereocenters. The second-order valence-corrected chi connectivity index (χ2v) is 3.07. The molecule has 0 saturated heterocycles. The Hall–Kier alpha value is -2.36. The first-order valence-electron chi connectivity index (χ1n) is 4.58. The minimum Gasteiger partial charge on any atom is -0.425 e. The number of carbonyl (C=O) groups excluding carboxylic acids is 2. The first kappa shape index (κ1) is 10.2. The summed E-state index contributed by atoms with van der Waals surface area (Å²) in [4.78, 5) is 20.6. The van der Waals surface area contributed by atoms with Crippen molar-refractivity contribution in [3.05, 3.63) is 36.4 Å². The number of hydrogen-bond donors (Lipinski definition) is 0. The van der Waals surface area contributed by atoms with Crippen molar-refractivity contribution in [2.45, 2.75) is 0 Å². The Labute approximate surface area is 91.4 Å². The van der Waals surface area contributed by atoms with Crippen LogP contribution in [0.3, 0.4) is 0 Å². The van der Waals surface area contributed by atoms with Gasteiger partial charge < -0.3 is 9.47 Å². The molecule has 0 aliphatic rings. The third kappa shape index (κ3) is 1.86. The van der Waals surface area contributed by atoms with Gasteiger partial charge in [-0.15, -0.1) is 0 Å². The molecule has 0 amide bonds. The molecule has 2 aromatic carbocycles. The van der Waals surface area contributed by atoms with Gasteiger partial charge in [-0.2, -0.15) is 0 Å². The normalized spacial score (nSPS) is 9.75. The van der Waals surface area contributed by atoms with Crippen LogP contribution in [0.15, 0.2) is 36.4 Å². The monoisotopic (exact) mass is 216 g/mol. The van der Waals surface area contributed by atoms with Gasteiger partial charge in [0.25, 0.3) is 12.9 Å². The van der Waals surface area contributed by atoms with Crippen LogP contribution >= 0.6 is 0 Å². The summed E-state index contributed by atoms with van der Waals surface area (Å²) >= 11 is 0. The average Bonchev–Trinajstić information content (AvgIpc) is 2.30. The number of carbonyl (C=O) groups is 2. The Kier molecular flexibility index (Phi) is 2.82. The Morgan fingerprint density at radius 3 is 1.62 bits per heavy atom. The van der Waals surface area contributed by atoms with E-state index in [4.69, 9.17) is 9.47 Å². The zero-order valence-electron chi connectivity index (χ0n) is 8.25. The van der Waals surface area contributed by atoms with Crippen LogP contribution < -0.4 is 9.47 Å². The van der Waals surface area contributed by atoms with E-state index in [1.807, 2.05) is 24.3 Å². The lowest BCUT2D eigenvalue weighted by atomic mass is 10.1. The summed E-state index contributed by atoms with van der Waals surface area (Å²) in [6.45, 7) is 0.587. The molecular formula is C12H8O4. The van der Waals surface area contributed by atoms with Gasteiger partial charge in [0.15, 0.2) is 11.5 Å². The molecular weight excluding hydrogens is 208 g/mol. The Balaban J connectivity index is 2.60. The second-order valence-electron chi connectivity index (χ2n) is 3.07. The van der Waals surface area contributed by atoms with Gasteiger partial charge in [-0.1, -0.05) is 24.3 Å². The smallest absolute Gasteiger partial charge is 0.298 e. The van der Waals surface area contributed by atoms with Crippen LogP contribution in [0.4, 0.5) is 0 Å². The highest BCUT2D eigenvalue weighted by Crippen LogP contribution is 2.31. The quantitative estimate of drug-likeness (QED) is 0.732. The zero-order valence-corrected chi connectivity index (χ0v) is 8.25. The van der Waals surface area contributed by atoms with Crippen molar-refractivity contribution < 1.29 is 19.1 Å². The van der Waals surface area contributed by atoms with Gasteiger partial charge in [0.1, 0.15) is 0 Å². The highest BCUT2D eigenvalue weighted by atomic mass is 16.6. The third-order valence-corrected chi connectivity index (χ3v) is 2.16. The van der Waals surface area contributed by atoms with Gasteiger partial charge in [-0.25, -0.2) is 0 Å². The standard InChI is InChI=1S/C12H8O4/c13-7-15-11-5-9-3-1-2-4-10(9)6-12(11)16-8-14/h1-8H. The Bertz CT molecular complexity index is 485. The summed E-state index contributed by atoms with van der Waals surface area (Å²) in [6, 6.07) is 10.8. The minimum absolute atomic E-state index is 0.223. The molecule has 0 bridgehead atoms. The molecule has 0 N–H and O–H groups in total. The van der Waals surface area contributed by atoms with Crippen molar-refractivity contribution in [3.63, 3.8) is 0 Å². The van der Waals surface area contributed by atoms with Crippen LogP contribution in [0.5, 0.6) is 11.5 Å². The summed E-state index contributed by atoms with van der Waals surface area (Å²) in [5, 5.41) is 1.80. The van der Waals surface area contributed by atoms with Crippen LogP contribution in [-0.4, -0.2) is 12.9 Å². The fraction of sp³-hybridized carbons (Fsp3) is 0. The summed E-state index contributed by atoms with van der Waals surface area (Å²) in [6.07, 6.45) is 0. The molecule has 0 aromatic heterocycles. The molecule has 2 aromatic rings. The SMILES string of the molecule is O=COc1cc2ccccc2cc1OC=O. The van der Waals surface area contributed by atoms with E-state index in [1.165, 1.54) is 0 Å². The fourth-order valence-electron chi connectivity index (χ4n) is 1.49. The zero-order chi connectivity index (χ0) is 11.4. The summed E-state index contributed by atoms with van der Waals surface area (Å²) in [5.74, 6) is 0.446. The number of ether oxygens (including phenoxy) is 2. The van der Waals surface area contributed by atoms with Crippen molar-refractivity contribution >= 4 is 23.7 Å². The predicted octanol–water partition coefficient (Wildman–Crippen LogP) is 1.91. The largest absolute Gasteiger partial charge is 0.425 e. The van der Waals surface area contributed by atoms with E-state index in [9.17, 15) is 9.59 Å². The van der Waals surface area contributed by atoms with E-state index in [-0.39, 0.29) is 11.5 Å². The Morgan fingerprint density at radius 2 is 1.25 bits per heavy atom. The molecule has 0 radical (unpaired) electrons. The molecule has 0 aliphatic heterocycles. The molecule has 0 spiro atoms. The highest BCUT2D eigenvalue weighted by Gasteiger charge is 2.07. The van der Waals surface area contributed by atoms with Gasteiger partial charge in [0.05, 0.1) is 0 Å². The van der Waals surface area contributed by atoms with Crippen molar-refractivity contribution in [1.29, 1.82) is 0 Å². The fourth-order valence-corrected chi connectivity index (χ4v) is 1.49. The molecule has 4 heteroatoms. The molecule has 4 nitrogen and oxygen atoms in total. The molecule has 2 rings (SSSR count). The number of hydrogen-bond acceptors (Lipinski definition) is 4. The second kappa shape index (κ2) is 4.44. The van der Waals surface area contributed by atoms with Gasteiger partial charge in [0.2, 0.25) is 0 Å². The van der Waals surface area contributed by atoms with E-state index in [2.05, 4.69) is 0 Å². The lowest BCUT2D eigenvalue weighted by Gasteiger charge is -2.06. The number of benzene rings is 2. The lowest BCUT2D eigenvalue weighted by molar-refractivity contribution is -0.123. The van der Waals surface area contributed by atoms with Gasteiger partial charge in [0, 0.05) is 0 Å². The number of fused-ring (bicyclic) bond motifs is 1. The molecule has 16 heavy (non-hydrogen) atoms. The van der Waals surface area contributed by atoms with E-state index < -0.39 is 0 Å². The van der Waals surface area contributed by atoms with Gasteiger partial charge in [-0.05, 0) is 22.9 Å². The summed E-state index contributed by atoms with van der Waals surface area (Å²) in [7, 11) is 0. The maximum absolute atomic E-state index is 10.3. The van der Waals surface area contributed by atoms with Crippen molar-refractivity contribution in [1.82, 2.24) is 0 Å². The van der Waals surface area contributed by atoms with E-state index >= 15 is 0 Å². The van der Waals surface area contributed by atoms with Crippen molar-refractivity contribution in [2.75, 3.05) is 0 Å². The summed E-state index contributed by atoms with van der Waals surface area (Å²) < 4.78 is 9.47. The van der Waals surface area contributed by atoms with Crippen LogP contribution in [0.2, 0.25) is 0 Å². The predicted molar refractivity (Wildman–Crippen MR) is 57.3 cm³/mol. The molecule has 0 fully saturated rings. The minimum atomic E-state index is 0.223. The van der Waals surface area contributed by atoms with Crippen LogP contribution in [-0.2, 0) is 9.59 Å². The molecule has 0 saturated carbocycles. The Morgan fingerprint density at radius 1 is 0.812 bits per heavy atom. The third-order valence-electron chi connectivity index (χ3n) is 2.16. The van der Waals surface area contributed by atoms with E-state index in [0.29, 0.717) is 12.9 Å². The van der Waals surface area contributed by atoms with Crippen molar-refractivity contribution in [2.24, 2.45) is 0 Å². The van der Waals surface area contributed by atoms with Crippen LogP contribution in [0, 0.1) is 0 Å². The molecule has 80 valence electrons. The molecule has 0 atom stereocenters.